The van der Waals surface area contributed by atoms with Gasteiger partial charge in [0.25, 0.3) is 0 Å². The second-order valence-electron chi connectivity index (χ2n) is 5.52. The fourth-order valence-electron chi connectivity index (χ4n) is 1.89. The summed E-state index contributed by atoms with van der Waals surface area (Å²) in [6.07, 6.45) is 4.19. The molecular formula is C17H32O4S3. The first kappa shape index (κ1) is 24.2. The Balaban J connectivity index is 4.67. The Morgan fingerprint density at radius 3 is 1.50 bits per heavy atom. The van der Waals surface area contributed by atoms with Crippen LogP contribution in [0.4, 0.5) is 0 Å². The van der Waals surface area contributed by atoms with E-state index in [0.29, 0.717) is 46.2 Å². The Kier molecular flexibility index (Phi) is 18.2. The fourth-order valence-corrected chi connectivity index (χ4v) is 2.28. The smallest absolute Gasteiger partial charge is 0.124 e. The zero-order valence-electron chi connectivity index (χ0n) is 14.5. The fraction of sp³-hybridized carbons (Fsp3) is 0.824. The highest BCUT2D eigenvalue weighted by molar-refractivity contribution is 7.80. The van der Waals surface area contributed by atoms with Crippen LogP contribution in [0.2, 0.25) is 0 Å². The molecule has 0 unspecified atom stereocenters. The van der Waals surface area contributed by atoms with Crippen molar-refractivity contribution in [1.29, 1.82) is 0 Å². The van der Waals surface area contributed by atoms with Crippen LogP contribution in [0.5, 0.6) is 0 Å². The van der Waals surface area contributed by atoms with Gasteiger partial charge >= 0.3 is 0 Å². The van der Waals surface area contributed by atoms with E-state index in [1.165, 1.54) is 6.26 Å². The SMILES string of the molecule is C=C=COCC(COCCCS)(COCCCS)COCCCS. The molecule has 0 aliphatic carbocycles. The molecule has 0 bridgehead atoms. The highest BCUT2D eigenvalue weighted by Crippen LogP contribution is 2.21. The number of hydrogen-bond acceptors (Lipinski definition) is 7. The average molecular weight is 397 g/mol. The summed E-state index contributed by atoms with van der Waals surface area (Å²) in [5.74, 6) is 2.42. The molecule has 0 aromatic rings. The van der Waals surface area contributed by atoms with Gasteiger partial charge in [0.2, 0.25) is 0 Å². The van der Waals surface area contributed by atoms with Gasteiger partial charge in [-0.05, 0) is 36.5 Å². The van der Waals surface area contributed by atoms with Crippen LogP contribution in [0, 0.1) is 5.41 Å². The molecule has 0 radical (unpaired) electrons. The lowest BCUT2D eigenvalue weighted by Crippen LogP contribution is -2.41. The van der Waals surface area contributed by atoms with Crippen LogP contribution in [0.1, 0.15) is 19.3 Å². The molecule has 142 valence electrons. The zero-order chi connectivity index (χ0) is 17.9. The summed E-state index contributed by atoms with van der Waals surface area (Å²) in [5, 5.41) is 0. The molecule has 0 saturated heterocycles. The van der Waals surface area contributed by atoms with Crippen LogP contribution in [-0.4, -0.2) is 63.5 Å². The topological polar surface area (TPSA) is 36.9 Å². The Hall–Kier alpha value is 0.250. The minimum atomic E-state index is -0.364. The molecule has 0 aromatic heterocycles. The first-order valence-corrected chi connectivity index (χ1v) is 10.2. The van der Waals surface area contributed by atoms with E-state index >= 15 is 0 Å². The van der Waals surface area contributed by atoms with Crippen molar-refractivity contribution in [2.24, 2.45) is 5.41 Å². The highest BCUT2D eigenvalue weighted by Gasteiger charge is 2.32. The van der Waals surface area contributed by atoms with E-state index in [4.69, 9.17) is 18.9 Å². The Bertz CT molecular complexity index is 292. The van der Waals surface area contributed by atoms with Crippen molar-refractivity contribution >= 4 is 37.9 Å². The van der Waals surface area contributed by atoms with Gasteiger partial charge in [-0.1, -0.05) is 12.3 Å². The van der Waals surface area contributed by atoms with Gasteiger partial charge in [0, 0.05) is 19.8 Å². The molecule has 0 aromatic carbocycles. The molecule has 0 N–H and O–H groups in total. The number of thiol groups is 3. The van der Waals surface area contributed by atoms with Gasteiger partial charge in [0.1, 0.15) is 12.9 Å². The maximum atomic E-state index is 5.82. The van der Waals surface area contributed by atoms with Crippen LogP contribution < -0.4 is 0 Å². The van der Waals surface area contributed by atoms with Crippen LogP contribution >= 0.6 is 37.9 Å². The summed E-state index contributed by atoms with van der Waals surface area (Å²) in [7, 11) is 0. The summed E-state index contributed by atoms with van der Waals surface area (Å²) in [6, 6.07) is 0. The molecule has 0 spiro atoms. The lowest BCUT2D eigenvalue weighted by atomic mass is 9.92. The predicted octanol–water partition coefficient (Wildman–Crippen LogP) is 3.30. The Morgan fingerprint density at radius 1 is 0.750 bits per heavy atom. The van der Waals surface area contributed by atoms with Crippen molar-refractivity contribution in [3.8, 4) is 0 Å². The quantitative estimate of drug-likeness (QED) is 0.144. The van der Waals surface area contributed by atoms with Crippen molar-refractivity contribution in [3.05, 3.63) is 18.6 Å². The first-order valence-electron chi connectivity index (χ1n) is 8.26. The normalized spacial score (nSPS) is 11.3. The van der Waals surface area contributed by atoms with Gasteiger partial charge in [-0.15, -0.1) is 0 Å². The third kappa shape index (κ3) is 13.5. The van der Waals surface area contributed by atoms with E-state index in [9.17, 15) is 0 Å². The molecule has 0 aliphatic heterocycles. The lowest BCUT2D eigenvalue weighted by Gasteiger charge is -2.32. The third-order valence-corrected chi connectivity index (χ3v) is 4.07. The van der Waals surface area contributed by atoms with Gasteiger partial charge in [0.15, 0.2) is 0 Å². The molecule has 0 saturated carbocycles. The molecule has 0 aliphatic rings. The van der Waals surface area contributed by atoms with Crippen molar-refractivity contribution in [3.63, 3.8) is 0 Å². The Morgan fingerprint density at radius 2 is 1.17 bits per heavy atom. The first-order chi connectivity index (χ1) is 11.7. The Labute approximate surface area is 163 Å². The second kappa shape index (κ2) is 18.1. The molecule has 0 atom stereocenters. The molecule has 24 heavy (non-hydrogen) atoms. The molecule has 4 nitrogen and oxygen atoms in total. The monoisotopic (exact) mass is 396 g/mol. The third-order valence-electron chi connectivity index (χ3n) is 3.12. The largest absolute Gasteiger partial charge is 0.492 e. The van der Waals surface area contributed by atoms with Gasteiger partial charge in [0.05, 0.1) is 25.2 Å². The van der Waals surface area contributed by atoms with Crippen molar-refractivity contribution in [1.82, 2.24) is 0 Å². The summed E-state index contributed by atoms with van der Waals surface area (Å²) in [5.41, 5.74) is 2.26. The van der Waals surface area contributed by atoms with E-state index in [1.54, 1.807) is 0 Å². The number of hydrogen-bond donors (Lipinski definition) is 3. The maximum Gasteiger partial charge on any atom is 0.124 e. The van der Waals surface area contributed by atoms with Crippen LogP contribution in [-0.2, 0) is 18.9 Å². The molecule has 7 heteroatoms. The summed E-state index contributed by atoms with van der Waals surface area (Å²) in [4.78, 5) is 0. The molecule has 0 fully saturated rings. The van der Waals surface area contributed by atoms with Gasteiger partial charge in [-0.25, -0.2) is 0 Å². The van der Waals surface area contributed by atoms with E-state index < -0.39 is 0 Å². The average Bonchev–Trinajstić information content (AvgIpc) is 2.60. The van der Waals surface area contributed by atoms with E-state index in [1.807, 2.05) is 0 Å². The van der Waals surface area contributed by atoms with Crippen LogP contribution in [0.25, 0.3) is 0 Å². The van der Waals surface area contributed by atoms with Gasteiger partial charge in [-0.3, -0.25) is 0 Å². The van der Waals surface area contributed by atoms with E-state index in [0.717, 1.165) is 36.5 Å². The molecule has 0 rings (SSSR count). The summed E-state index contributed by atoms with van der Waals surface area (Å²) >= 11 is 12.6. The van der Waals surface area contributed by atoms with Gasteiger partial charge < -0.3 is 18.9 Å². The predicted molar refractivity (Wildman–Crippen MR) is 110 cm³/mol. The highest BCUT2D eigenvalue weighted by atomic mass is 32.1. The molecule has 0 amide bonds. The number of rotatable bonds is 18. The molecule has 0 heterocycles. The van der Waals surface area contributed by atoms with Crippen molar-refractivity contribution in [2.75, 3.05) is 63.5 Å². The van der Waals surface area contributed by atoms with E-state index in [2.05, 4.69) is 50.2 Å². The molecular weight excluding hydrogens is 364 g/mol. The minimum Gasteiger partial charge on any atom is -0.492 e. The maximum absolute atomic E-state index is 5.82. The van der Waals surface area contributed by atoms with Crippen LogP contribution in [0.3, 0.4) is 0 Å². The van der Waals surface area contributed by atoms with Gasteiger partial charge in [-0.2, -0.15) is 37.9 Å². The van der Waals surface area contributed by atoms with Crippen LogP contribution in [0.15, 0.2) is 18.6 Å². The number of ether oxygens (including phenoxy) is 4. The zero-order valence-corrected chi connectivity index (χ0v) is 17.1. The minimum absolute atomic E-state index is 0.364. The summed E-state index contributed by atoms with van der Waals surface area (Å²) in [6.45, 7) is 7.45. The van der Waals surface area contributed by atoms with E-state index in [-0.39, 0.29) is 5.41 Å². The standard InChI is InChI=1S/C17H32O4S3/c1-2-6-18-13-17(14-19-7-3-10-22,15-20-8-4-11-23)16-21-9-5-12-24/h6,22-24H,1,3-5,7-16H2. The lowest BCUT2D eigenvalue weighted by molar-refractivity contribution is -0.0942. The van der Waals surface area contributed by atoms with Crippen molar-refractivity contribution in [2.45, 2.75) is 19.3 Å². The van der Waals surface area contributed by atoms with Crippen molar-refractivity contribution < 1.29 is 18.9 Å². The second-order valence-corrected chi connectivity index (χ2v) is 6.86. The summed E-state index contributed by atoms with van der Waals surface area (Å²) < 4.78 is 23.0.